The van der Waals surface area contributed by atoms with Gasteiger partial charge in [0.2, 0.25) is 0 Å². The molecule has 0 rings (SSSR count). The first kappa shape index (κ1) is 16.2. The molecule has 0 heterocycles. The molecule has 0 aliphatic heterocycles. The molecule has 0 aromatic rings. The zero-order chi connectivity index (χ0) is 12.9. The Labute approximate surface area is 106 Å². The molecule has 0 saturated heterocycles. The number of rotatable bonds is 11. The van der Waals surface area contributed by atoms with Crippen molar-refractivity contribution in [3.8, 4) is 0 Å². The van der Waals surface area contributed by atoms with Crippen LogP contribution < -0.4 is 0 Å². The molecule has 100 valence electrons. The van der Waals surface area contributed by atoms with E-state index in [9.17, 15) is 4.79 Å². The van der Waals surface area contributed by atoms with E-state index >= 15 is 0 Å². The number of unbranched alkanes of at least 4 members (excludes halogenated alkanes) is 5. The van der Waals surface area contributed by atoms with Gasteiger partial charge >= 0.3 is 5.97 Å². The monoisotopic (exact) mass is 240 g/mol. The van der Waals surface area contributed by atoms with E-state index in [2.05, 4.69) is 13.8 Å². The van der Waals surface area contributed by atoms with Crippen LogP contribution in [0.1, 0.15) is 71.6 Å². The molecule has 0 aliphatic carbocycles. The Bertz CT molecular complexity index is 209. The van der Waals surface area contributed by atoms with Gasteiger partial charge in [-0.15, -0.1) is 0 Å². The van der Waals surface area contributed by atoms with Crippen LogP contribution in [-0.4, -0.2) is 11.1 Å². The third kappa shape index (κ3) is 13.1. The number of aliphatic carboxylic acids is 1. The molecule has 17 heavy (non-hydrogen) atoms. The fourth-order valence-electron chi connectivity index (χ4n) is 1.79. The molecule has 1 unspecified atom stereocenters. The van der Waals surface area contributed by atoms with Gasteiger partial charge in [-0.05, 0) is 18.8 Å². The molecular weight excluding hydrogens is 212 g/mol. The average molecular weight is 240 g/mol. The van der Waals surface area contributed by atoms with Crippen LogP contribution in [0.25, 0.3) is 0 Å². The van der Waals surface area contributed by atoms with Gasteiger partial charge in [-0.3, -0.25) is 4.79 Å². The van der Waals surface area contributed by atoms with Gasteiger partial charge in [0.15, 0.2) is 0 Å². The number of allylic oxidation sites excluding steroid dienone is 1. The lowest BCUT2D eigenvalue weighted by atomic mass is 10.00. The normalized spacial score (nSPS) is 13.1. The molecule has 0 amide bonds. The Morgan fingerprint density at radius 2 is 1.76 bits per heavy atom. The second kappa shape index (κ2) is 11.7. The van der Waals surface area contributed by atoms with Crippen molar-refractivity contribution >= 4 is 5.97 Å². The Hall–Kier alpha value is -0.790. The van der Waals surface area contributed by atoms with Gasteiger partial charge < -0.3 is 5.11 Å². The SMILES string of the molecule is CCC(C)CCCCCCC/C=C/CC(=O)O. The summed E-state index contributed by atoms with van der Waals surface area (Å²) in [6.07, 6.45) is 14.1. The summed E-state index contributed by atoms with van der Waals surface area (Å²) in [6.45, 7) is 4.58. The lowest BCUT2D eigenvalue weighted by molar-refractivity contribution is -0.136. The van der Waals surface area contributed by atoms with Crippen molar-refractivity contribution in [2.75, 3.05) is 0 Å². The average Bonchev–Trinajstić information content (AvgIpc) is 2.30. The quantitative estimate of drug-likeness (QED) is 0.416. The summed E-state index contributed by atoms with van der Waals surface area (Å²) in [5, 5.41) is 8.43. The van der Waals surface area contributed by atoms with E-state index in [1.807, 2.05) is 6.08 Å². The molecule has 0 aliphatic rings. The Morgan fingerprint density at radius 1 is 1.12 bits per heavy atom. The highest BCUT2D eigenvalue weighted by Gasteiger charge is 1.97. The topological polar surface area (TPSA) is 37.3 Å². The Kier molecular flexibility index (Phi) is 11.1. The van der Waals surface area contributed by atoms with Gasteiger partial charge in [0.05, 0.1) is 6.42 Å². The predicted octanol–water partition coefficient (Wildman–Crippen LogP) is 4.79. The number of hydrogen-bond donors (Lipinski definition) is 1. The third-order valence-corrected chi connectivity index (χ3v) is 3.22. The van der Waals surface area contributed by atoms with E-state index < -0.39 is 5.97 Å². The van der Waals surface area contributed by atoms with Gasteiger partial charge in [0, 0.05) is 0 Å². The maximum Gasteiger partial charge on any atom is 0.307 e. The van der Waals surface area contributed by atoms with E-state index in [1.54, 1.807) is 6.08 Å². The highest BCUT2D eigenvalue weighted by atomic mass is 16.4. The molecule has 1 atom stereocenters. The molecule has 0 aromatic heterocycles. The lowest BCUT2D eigenvalue weighted by Crippen LogP contribution is -1.91. The zero-order valence-electron chi connectivity index (χ0n) is 11.5. The molecular formula is C15H28O2. The molecule has 0 spiro atoms. The van der Waals surface area contributed by atoms with Crippen LogP contribution in [0, 0.1) is 5.92 Å². The standard InChI is InChI=1S/C15H28O2/c1-3-14(2)12-10-8-6-4-5-7-9-11-13-15(16)17/h9,11,14H,3-8,10,12-13H2,1-2H3,(H,16,17)/b11-9+. The summed E-state index contributed by atoms with van der Waals surface area (Å²) in [5.74, 6) is 0.139. The second-order valence-electron chi connectivity index (χ2n) is 4.93. The van der Waals surface area contributed by atoms with Crippen LogP contribution in [0.2, 0.25) is 0 Å². The van der Waals surface area contributed by atoms with Crippen molar-refractivity contribution in [3.63, 3.8) is 0 Å². The van der Waals surface area contributed by atoms with Gasteiger partial charge in [-0.1, -0.05) is 64.5 Å². The van der Waals surface area contributed by atoms with Crippen LogP contribution in [0.3, 0.4) is 0 Å². The number of carbonyl (C=O) groups is 1. The summed E-state index contributed by atoms with van der Waals surface area (Å²) in [7, 11) is 0. The molecule has 2 nitrogen and oxygen atoms in total. The molecule has 0 bridgehead atoms. The summed E-state index contributed by atoms with van der Waals surface area (Å²) >= 11 is 0. The Morgan fingerprint density at radius 3 is 2.41 bits per heavy atom. The van der Waals surface area contributed by atoms with Crippen molar-refractivity contribution in [3.05, 3.63) is 12.2 Å². The maximum absolute atomic E-state index is 10.2. The smallest absolute Gasteiger partial charge is 0.307 e. The zero-order valence-corrected chi connectivity index (χ0v) is 11.5. The Balaban J connectivity index is 3.13. The molecule has 2 heteroatoms. The molecule has 0 fully saturated rings. The van der Waals surface area contributed by atoms with E-state index in [4.69, 9.17) is 5.11 Å². The number of carboxylic acid groups (broad SMARTS) is 1. The number of hydrogen-bond acceptors (Lipinski definition) is 1. The first-order valence-corrected chi connectivity index (χ1v) is 7.03. The largest absolute Gasteiger partial charge is 0.481 e. The second-order valence-corrected chi connectivity index (χ2v) is 4.93. The van der Waals surface area contributed by atoms with E-state index in [-0.39, 0.29) is 6.42 Å². The minimum absolute atomic E-state index is 0.162. The molecule has 1 N–H and O–H groups in total. The van der Waals surface area contributed by atoms with E-state index in [1.165, 1.54) is 44.9 Å². The minimum Gasteiger partial charge on any atom is -0.481 e. The van der Waals surface area contributed by atoms with Gasteiger partial charge in [-0.25, -0.2) is 0 Å². The summed E-state index contributed by atoms with van der Waals surface area (Å²) in [5.41, 5.74) is 0. The van der Waals surface area contributed by atoms with Crippen molar-refractivity contribution < 1.29 is 9.90 Å². The predicted molar refractivity (Wildman–Crippen MR) is 73.2 cm³/mol. The van der Waals surface area contributed by atoms with Gasteiger partial charge in [0.25, 0.3) is 0 Å². The van der Waals surface area contributed by atoms with Crippen molar-refractivity contribution in [1.82, 2.24) is 0 Å². The molecule has 0 radical (unpaired) electrons. The molecule has 0 saturated carbocycles. The van der Waals surface area contributed by atoms with Crippen molar-refractivity contribution in [1.29, 1.82) is 0 Å². The van der Waals surface area contributed by atoms with Crippen LogP contribution in [0.15, 0.2) is 12.2 Å². The fourth-order valence-corrected chi connectivity index (χ4v) is 1.79. The van der Waals surface area contributed by atoms with Crippen molar-refractivity contribution in [2.45, 2.75) is 71.6 Å². The van der Waals surface area contributed by atoms with Crippen molar-refractivity contribution in [2.24, 2.45) is 5.92 Å². The van der Waals surface area contributed by atoms with Gasteiger partial charge in [-0.2, -0.15) is 0 Å². The first-order valence-electron chi connectivity index (χ1n) is 7.03. The van der Waals surface area contributed by atoms with Crippen LogP contribution >= 0.6 is 0 Å². The van der Waals surface area contributed by atoms with E-state index in [0.29, 0.717) is 0 Å². The van der Waals surface area contributed by atoms with Crippen LogP contribution in [0.4, 0.5) is 0 Å². The van der Waals surface area contributed by atoms with Gasteiger partial charge in [0.1, 0.15) is 0 Å². The molecule has 0 aromatic carbocycles. The number of carboxylic acids is 1. The third-order valence-electron chi connectivity index (χ3n) is 3.22. The summed E-state index contributed by atoms with van der Waals surface area (Å²) in [6, 6.07) is 0. The minimum atomic E-state index is -0.744. The maximum atomic E-state index is 10.2. The van der Waals surface area contributed by atoms with Crippen LogP contribution in [0.5, 0.6) is 0 Å². The highest BCUT2D eigenvalue weighted by molar-refractivity contribution is 5.68. The highest BCUT2D eigenvalue weighted by Crippen LogP contribution is 2.14. The summed E-state index contributed by atoms with van der Waals surface area (Å²) < 4.78 is 0. The van der Waals surface area contributed by atoms with E-state index in [0.717, 1.165) is 12.3 Å². The lowest BCUT2D eigenvalue weighted by Gasteiger charge is -2.07. The fraction of sp³-hybridized carbons (Fsp3) is 0.800. The first-order chi connectivity index (χ1) is 8.16. The van der Waals surface area contributed by atoms with Crippen LogP contribution in [-0.2, 0) is 4.79 Å². The summed E-state index contributed by atoms with van der Waals surface area (Å²) in [4.78, 5) is 10.2.